The molecule has 6 heteroatoms. The van der Waals surface area contributed by atoms with E-state index in [1.165, 1.54) is 21.8 Å². The molecule has 5 rings (SSSR count). The van der Waals surface area contributed by atoms with Crippen molar-refractivity contribution in [2.24, 2.45) is 0 Å². The molecule has 2 amide bonds. The minimum atomic E-state index is -0.275. The average molecular weight is 451 g/mol. The van der Waals surface area contributed by atoms with Crippen molar-refractivity contribution >= 4 is 56.0 Å². The average Bonchev–Trinajstić information content (AvgIpc) is 3.40. The van der Waals surface area contributed by atoms with Crippen LogP contribution in [0.25, 0.3) is 5.57 Å². The summed E-state index contributed by atoms with van der Waals surface area (Å²) < 4.78 is 0.822. The standard InChI is InChI=1S/C22H15BrN2O2S/c23-15-6-3-7-16(13-15)25-21(26)19(18-9-4-12-28-18)20(22(25)27)24-11-10-14-5-1-2-8-17(14)24/h1-9,12-13H,10-11H2. The van der Waals surface area contributed by atoms with Gasteiger partial charge in [-0.2, -0.15) is 0 Å². The van der Waals surface area contributed by atoms with E-state index in [1.54, 1.807) is 12.1 Å². The lowest BCUT2D eigenvalue weighted by atomic mass is 10.1. The molecule has 0 radical (unpaired) electrons. The molecular weight excluding hydrogens is 436 g/mol. The molecule has 3 heterocycles. The van der Waals surface area contributed by atoms with E-state index in [0.29, 0.717) is 23.5 Å². The number of imide groups is 1. The first-order chi connectivity index (χ1) is 13.6. The van der Waals surface area contributed by atoms with Gasteiger partial charge >= 0.3 is 0 Å². The Balaban J connectivity index is 1.68. The SMILES string of the molecule is O=C1C(c2cccs2)=C(N2CCc3ccccc32)C(=O)N1c1cccc(Br)c1. The summed E-state index contributed by atoms with van der Waals surface area (Å²) in [5.41, 5.74) is 3.72. The topological polar surface area (TPSA) is 40.6 Å². The second kappa shape index (κ2) is 6.72. The summed E-state index contributed by atoms with van der Waals surface area (Å²) in [6.07, 6.45) is 0.857. The largest absolute Gasteiger partial charge is 0.336 e. The quantitative estimate of drug-likeness (QED) is 0.535. The van der Waals surface area contributed by atoms with Gasteiger partial charge < -0.3 is 4.90 Å². The Hall–Kier alpha value is -2.70. The number of carbonyl (C=O) groups excluding carboxylic acids is 2. The summed E-state index contributed by atoms with van der Waals surface area (Å²) >= 11 is 4.91. The molecule has 3 aromatic rings. The fraction of sp³-hybridized carbons (Fsp3) is 0.0909. The maximum atomic E-state index is 13.5. The van der Waals surface area contributed by atoms with Crippen molar-refractivity contribution in [1.82, 2.24) is 0 Å². The third-order valence-electron chi connectivity index (χ3n) is 5.05. The highest BCUT2D eigenvalue weighted by Crippen LogP contribution is 2.41. The number of amides is 2. The number of thiophene rings is 1. The molecular formula is C22H15BrN2O2S. The van der Waals surface area contributed by atoms with Crippen molar-refractivity contribution in [3.8, 4) is 0 Å². The Morgan fingerprint density at radius 2 is 1.79 bits per heavy atom. The first kappa shape index (κ1) is 17.4. The zero-order chi connectivity index (χ0) is 19.3. The van der Waals surface area contributed by atoms with Crippen LogP contribution in [0.5, 0.6) is 0 Å². The summed E-state index contributed by atoms with van der Waals surface area (Å²) in [4.78, 5) is 31.0. The van der Waals surface area contributed by atoms with Crippen molar-refractivity contribution < 1.29 is 9.59 Å². The van der Waals surface area contributed by atoms with E-state index in [0.717, 1.165) is 21.5 Å². The van der Waals surface area contributed by atoms with Crippen LogP contribution >= 0.6 is 27.3 Å². The van der Waals surface area contributed by atoms with E-state index in [2.05, 4.69) is 22.0 Å². The summed E-state index contributed by atoms with van der Waals surface area (Å²) in [6, 6.07) is 19.2. The lowest BCUT2D eigenvalue weighted by Gasteiger charge is -2.21. The molecule has 0 bridgehead atoms. The molecule has 0 saturated heterocycles. The molecule has 0 unspecified atom stereocenters. The molecule has 0 aliphatic carbocycles. The number of halogens is 1. The number of hydrogen-bond acceptors (Lipinski definition) is 4. The summed E-state index contributed by atoms with van der Waals surface area (Å²) in [5, 5.41) is 1.93. The maximum absolute atomic E-state index is 13.5. The van der Waals surface area contributed by atoms with E-state index < -0.39 is 0 Å². The summed E-state index contributed by atoms with van der Waals surface area (Å²) in [6.45, 7) is 0.689. The van der Waals surface area contributed by atoms with Crippen molar-refractivity contribution in [2.45, 2.75) is 6.42 Å². The van der Waals surface area contributed by atoms with Gasteiger partial charge in [0.25, 0.3) is 11.8 Å². The normalized spacial score (nSPS) is 16.3. The molecule has 2 aliphatic heterocycles. The van der Waals surface area contributed by atoms with Gasteiger partial charge in [-0.15, -0.1) is 11.3 Å². The van der Waals surface area contributed by atoms with Gasteiger partial charge in [-0.05, 0) is 47.7 Å². The second-order valence-corrected chi connectivity index (χ2v) is 8.52. The molecule has 2 aliphatic rings. The molecule has 28 heavy (non-hydrogen) atoms. The third kappa shape index (κ3) is 2.64. The first-order valence-corrected chi connectivity index (χ1v) is 10.6. The maximum Gasteiger partial charge on any atom is 0.282 e. The molecule has 0 saturated carbocycles. The summed E-state index contributed by atoms with van der Waals surface area (Å²) in [5.74, 6) is -0.548. The van der Waals surface area contributed by atoms with Gasteiger partial charge in [0.1, 0.15) is 5.70 Å². The number of rotatable bonds is 3. The lowest BCUT2D eigenvalue weighted by molar-refractivity contribution is -0.120. The number of hydrogen-bond donors (Lipinski definition) is 0. The predicted molar refractivity (Wildman–Crippen MR) is 115 cm³/mol. The molecule has 4 nitrogen and oxygen atoms in total. The second-order valence-electron chi connectivity index (χ2n) is 6.66. The van der Waals surface area contributed by atoms with Gasteiger partial charge in [0.2, 0.25) is 0 Å². The number of fused-ring (bicyclic) bond motifs is 1. The highest BCUT2D eigenvalue weighted by Gasteiger charge is 2.44. The van der Waals surface area contributed by atoms with E-state index in [-0.39, 0.29) is 11.8 Å². The fourth-order valence-electron chi connectivity index (χ4n) is 3.83. The van der Waals surface area contributed by atoms with Crippen LogP contribution in [0.15, 0.2) is 76.2 Å². The van der Waals surface area contributed by atoms with E-state index >= 15 is 0 Å². The van der Waals surface area contributed by atoms with Gasteiger partial charge in [-0.25, -0.2) is 4.90 Å². The van der Waals surface area contributed by atoms with Gasteiger partial charge in [0.15, 0.2) is 0 Å². The van der Waals surface area contributed by atoms with Crippen molar-refractivity contribution in [1.29, 1.82) is 0 Å². The zero-order valence-electron chi connectivity index (χ0n) is 14.8. The molecule has 0 fully saturated rings. The van der Waals surface area contributed by atoms with Gasteiger partial charge in [0, 0.05) is 21.6 Å². The smallest absolute Gasteiger partial charge is 0.282 e. The van der Waals surface area contributed by atoms with Crippen LogP contribution in [0, 0.1) is 0 Å². The number of para-hydroxylation sites is 1. The Bertz CT molecular complexity index is 1140. The number of anilines is 2. The molecule has 138 valence electrons. The Morgan fingerprint density at radius 3 is 2.57 bits per heavy atom. The van der Waals surface area contributed by atoms with Crippen LogP contribution in [0.3, 0.4) is 0 Å². The molecule has 1 aromatic heterocycles. The van der Waals surface area contributed by atoms with E-state index in [4.69, 9.17) is 0 Å². The minimum absolute atomic E-state index is 0.273. The first-order valence-electron chi connectivity index (χ1n) is 8.93. The minimum Gasteiger partial charge on any atom is -0.336 e. The van der Waals surface area contributed by atoms with Crippen LogP contribution in [-0.4, -0.2) is 18.4 Å². The summed E-state index contributed by atoms with van der Waals surface area (Å²) in [7, 11) is 0. The third-order valence-corrected chi connectivity index (χ3v) is 6.43. The van der Waals surface area contributed by atoms with Crippen LogP contribution in [0.1, 0.15) is 10.4 Å². The Morgan fingerprint density at radius 1 is 0.929 bits per heavy atom. The van der Waals surface area contributed by atoms with Crippen LogP contribution in [-0.2, 0) is 16.0 Å². The van der Waals surface area contributed by atoms with E-state index in [1.807, 2.05) is 52.7 Å². The predicted octanol–water partition coefficient (Wildman–Crippen LogP) is 4.86. The number of nitrogens with zero attached hydrogens (tertiary/aromatic N) is 2. The molecule has 0 spiro atoms. The van der Waals surface area contributed by atoms with E-state index in [9.17, 15) is 9.59 Å². The Kier molecular flexibility index (Phi) is 4.18. The highest BCUT2D eigenvalue weighted by molar-refractivity contribution is 9.10. The van der Waals surface area contributed by atoms with Gasteiger partial charge in [-0.1, -0.05) is 46.3 Å². The molecule has 0 atom stereocenters. The van der Waals surface area contributed by atoms with Crippen molar-refractivity contribution in [2.75, 3.05) is 16.3 Å². The van der Waals surface area contributed by atoms with Crippen LogP contribution < -0.4 is 9.80 Å². The fourth-order valence-corrected chi connectivity index (χ4v) is 4.98. The monoisotopic (exact) mass is 450 g/mol. The van der Waals surface area contributed by atoms with Crippen molar-refractivity contribution in [3.63, 3.8) is 0 Å². The number of benzene rings is 2. The Labute approximate surface area is 174 Å². The highest BCUT2D eigenvalue weighted by atomic mass is 79.9. The van der Waals surface area contributed by atoms with Crippen LogP contribution in [0.2, 0.25) is 0 Å². The number of carbonyl (C=O) groups is 2. The van der Waals surface area contributed by atoms with Crippen LogP contribution in [0.4, 0.5) is 11.4 Å². The van der Waals surface area contributed by atoms with Gasteiger partial charge in [-0.3, -0.25) is 9.59 Å². The van der Waals surface area contributed by atoms with Crippen molar-refractivity contribution in [3.05, 3.63) is 86.7 Å². The molecule has 2 aromatic carbocycles. The van der Waals surface area contributed by atoms with Gasteiger partial charge in [0.05, 0.1) is 11.3 Å². The lowest BCUT2D eigenvalue weighted by Crippen LogP contribution is -2.34. The molecule has 0 N–H and O–H groups in total. The zero-order valence-corrected chi connectivity index (χ0v) is 17.2.